The number of hydrogen-bond acceptors (Lipinski definition) is 10. The summed E-state index contributed by atoms with van der Waals surface area (Å²) >= 11 is 0. The number of aromatic amines is 1. The van der Waals surface area contributed by atoms with E-state index < -0.39 is 65.2 Å². The van der Waals surface area contributed by atoms with Crippen LogP contribution in [0.15, 0.2) is 33.4 Å². The minimum atomic E-state index is -2.42. The monoisotopic (exact) mass is 597 g/mol. The second kappa shape index (κ2) is 13.7. The third kappa shape index (κ3) is 6.77. The highest BCUT2D eigenvalue weighted by atomic mass is 16.6. The molecule has 4 aliphatic rings. The first-order valence-corrected chi connectivity index (χ1v) is 15.6. The second-order valence-corrected chi connectivity index (χ2v) is 12.0. The van der Waals surface area contributed by atoms with Crippen molar-refractivity contribution in [2.75, 3.05) is 6.61 Å². The van der Waals surface area contributed by atoms with E-state index in [2.05, 4.69) is 4.98 Å². The molecule has 3 fully saturated rings. The molecule has 3 aliphatic carbocycles. The molecule has 3 saturated carbocycles. The van der Waals surface area contributed by atoms with Gasteiger partial charge in [-0.05, 0) is 38.5 Å². The Balaban J connectivity index is 1.54. The number of hydrogen-bond donors (Lipinski definition) is 1. The molecule has 43 heavy (non-hydrogen) atoms. The van der Waals surface area contributed by atoms with Gasteiger partial charge in [0.2, 0.25) is 5.76 Å². The fraction of sp³-hybridized carbons (Fsp3) is 0.677. The van der Waals surface area contributed by atoms with Gasteiger partial charge in [0.05, 0.1) is 17.8 Å². The Labute approximate surface area is 249 Å². The van der Waals surface area contributed by atoms with Crippen LogP contribution in [-0.4, -0.2) is 40.2 Å². The number of carbonyl (C=O) groups excluding carboxylic acids is 3. The minimum Gasteiger partial charge on any atom is -0.462 e. The van der Waals surface area contributed by atoms with E-state index in [1.54, 1.807) is 0 Å². The van der Waals surface area contributed by atoms with Crippen molar-refractivity contribution in [1.29, 1.82) is 5.26 Å². The van der Waals surface area contributed by atoms with E-state index in [4.69, 9.17) is 18.9 Å². The molecule has 2 heterocycles. The SMILES string of the molecule is N#CC1(n2ccc(=O)[nH]c2=O)O[C@H](COC(=O)C2CCCCC2)C(OC(=O)C2CCCCC2)=C1OC(=O)C1CCCCC1. The summed E-state index contributed by atoms with van der Waals surface area (Å²) < 4.78 is 24.3. The standard InChI is InChI=1S/C31H39N3O9/c32-19-31(34-17-16-24(35)33-30(34)39)26(42-29(38)22-14-8-3-9-15-22)25(41-28(37)21-12-6-2-7-13-21)23(43-31)18-40-27(36)20-10-4-1-5-11-20/h16-17,20-23H,1-15,18H2,(H,33,35,39)/t23-,31?/m1/s1. The minimum absolute atomic E-state index is 0.279. The van der Waals surface area contributed by atoms with Crippen molar-refractivity contribution >= 4 is 17.9 Å². The van der Waals surface area contributed by atoms with Crippen LogP contribution in [0.1, 0.15) is 96.3 Å². The molecule has 12 nitrogen and oxygen atoms in total. The lowest BCUT2D eigenvalue weighted by Gasteiger charge is -2.27. The summed E-state index contributed by atoms with van der Waals surface area (Å²) in [7, 11) is 0. The molecule has 0 spiro atoms. The van der Waals surface area contributed by atoms with E-state index in [-0.39, 0.29) is 11.7 Å². The van der Waals surface area contributed by atoms with Crippen LogP contribution < -0.4 is 11.2 Å². The maximum absolute atomic E-state index is 13.4. The fourth-order valence-corrected chi connectivity index (χ4v) is 6.60. The highest BCUT2D eigenvalue weighted by Gasteiger charge is 2.56. The smallest absolute Gasteiger partial charge is 0.331 e. The quantitative estimate of drug-likeness (QED) is 0.345. The lowest BCUT2D eigenvalue weighted by atomic mass is 9.89. The Hall–Kier alpha value is -3.72. The van der Waals surface area contributed by atoms with E-state index in [0.717, 1.165) is 74.6 Å². The first-order chi connectivity index (χ1) is 20.8. The summed E-state index contributed by atoms with van der Waals surface area (Å²) in [5, 5.41) is 10.6. The van der Waals surface area contributed by atoms with E-state index in [9.17, 15) is 29.2 Å². The van der Waals surface area contributed by atoms with Crippen molar-refractivity contribution in [3.63, 3.8) is 0 Å². The molecule has 0 amide bonds. The number of ether oxygens (including phenoxy) is 4. The van der Waals surface area contributed by atoms with Gasteiger partial charge in [-0.15, -0.1) is 0 Å². The number of nitrogens with zero attached hydrogens (tertiary/aromatic N) is 2. The van der Waals surface area contributed by atoms with Crippen LogP contribution in [0.5, 0.6) is 0 Å². The van der Waals surface area contributed by atoms with Gasteiger partial charge in [-0.1, -0.05) is 57.8 Å². The first kappa shape index (κ1) is 30.7. The summed E-state index contributed by atoms with van der Waals surface area (Å²) in [6.07, 6.45) is 11.8. The summed E-state index contributed by atoms with van der Waals surface area (Å²) in [4.78, 5) is 66.8. The molecular formula is C31H39N3O9. The van der Waals surface area contributed by atoms with Crippen molar-refractivity contribution in [3.05, 3.63) is 44.6 Å². The number of nitrogens with one attached hydrogen (secondary N) is 1. The number of esters is 3. The van der Waals surface area contributed by atoms with Crippen molar-refractivity contribution < 1.29 is 33.3 Å². The van der Waals surface area contributed by atoms with Crippen molar-refractivity contribution in [2.24, 2.45) is 17.8 Å². The zero-order valence-electron chi connectivity index (χ0n) is 24.3. The molecule has 5 rings (SSSR count). The molecule has 2 atom stereocenters. The molecule has 0 radical (unpaired) electrons. The largest absolute Gasteiger partial charge is 0.462 e. The van der Waals surface area contributed by atoms with Crippen LogP contribution in [-0.2, 0) is 39.1 Å². The molecule has 1 aromatic heterocycles. The van der Waals surface area contributed by atoms with Crippen LogP contribution in [0, 0.1) is 29.1 Å². The predicted octanol–water partition coefficient (Wildman–Crippen LogP) is 3.69. The van der Waals surface area contributed by atoms with Gasteiger partial charge in [0.25, 0.3) is 5.56 Å². The lowest BCUT2D eigenvalue weighted by molar-refractivity contribution is -0.160. The molecule has 0 saturated heterocycles. The summed E-state index contributed by atoms with van der Waals surface area (Å²) in [5.41, 5.74) is -4.13. The number of rotatable bonds is 8. The second-order valence-electron chi connectivity index (χ2n) is 12.0. The average molecular weight is 598 g/mol. The van der Waals surface area contributed by atoms with E-state index in [0.29, 0.717) is 38.5 Å². The van der Waals surface area contributed by atoms with Crippen molar-refractivity contribution in [2.45, 2.75) is 108 Å². The van der Waals surface area contributed by atoms with Crippen LogP contribution in [0.4, 0.5) is 0 Å². The topological polar surface area (TPSA) is 167 Å². The van der Waals surface area contributed by atoms with Gasteiger partial charge in [0.1, 0.15) is 12.7 Å². The first-order valence-electron chi connectivity index (χ1n) is 15.6. The normalized spacial score (nSPS) is 25.6. The van der Waals surface area contributed by atoms with E-state index >= 15 is 0 Å². The van der Waals surface area contributed by atoms with Gasteiger partial charge >= 0.3 is 29.3 Å². The van der Waals surface area contributed by atoms with E-state index in [1.807, 2.05) is 6.07 Å². The number of H-pyrrole nitrogens is 1. The average Bonchev–Trinajstić information content (AvgIpc) is 3.33. The Morgan fingerprint density at radius 3 is 1.86 bits per heavy atom. The van der Waals surface area contributed by atoms with Crippen LogP contribution in [0.2, 0.25) is 0 Å². The molecule has 232 valence electrons. The van der Waals surface area contributed by atoms with Gasteiger partial charge in [0.15, 0.2) is 11.9 Å². The maximum atomic E-state index is 13.4. The highest BCUT2D eigenvalue weighted by Crippen LogP contribution is 2.42. The number of aromatic nitrogens is 2. The molecule has 0 bridgehead atoms. The molecule has 1 aromatic rings. The molecule has 1 N–H and O–H groups in total. The highest BCUT2D eigenvalue weighted by molar-refractivity contribution is 5.76. The number of nitriles is 1. The van der Waals surface area contributed by atoms with E-state index in [1.165, 1.54) is 0 Å². The Morgan fingerprint density at radius 2 is 1.35 bits per heavy atom. The summed E-state index contributed by atoms with van der Waals surface area (Å²) in [5.74, 6) is -3.54. The zero-order chi connectivity index (χ0) is 30.4. The number of carbonyl (C=O) groups is 3. The van der Waals surface area contributed by atoms with Crippen LogP contribution in [0.25, 0.3) is 0 Å². The molecule has 12 heteroatoms. The van der Waals surface area contributed by atoms with Crippen LogP contribution in [0.3, 0.4) is 0 Å². The third-order valence-electron chi connectivity index (χ3n) is 9.06. The van der Waals surface area contributed by atoms with Gasteiger partial charge in [-0.3, -0.25) is 28.7 Å². The summed E-state index contributed by atoms with van der Waals surface area (Å²) in [6, 6.07) is 2.95. The lowest BCUT2D eigenvalue weighted by Crippen LogP contribution is -2.46. The molecule has 1 unspecified atom stereocenters. The Kier molecular flexibility index (Phi) is 9.80. The van der Waals surface area contributed by atoms with Gasteiger partial charge in [-0.2, -0.15) is 5.26 Å². The van der Waals surface area contributed by atoms with Crippen LogP contribution >= 0.6 is 0 Å². The van der Waals surface area contributed by atoms with Gasteiger partial charge < -0.3 is 18.9 Å². The van der Waals surface area contributed by atoms with Crippen molar-refractivity contribution in [3.8, 4) is 6.07 Å². The van der Waals surface area contributed by atoms with Crippen molar-refractivity contribution in [1.82, 2.24) is 9.55 Å². The van der Waals surface area contributed by atoms with Gasteiger partial charge in [0, 0.05) is 12.3 Å². The fourth-order valence-electron chi connectivity index (χ4n) is 6.60. The Morgan fingerprint density at radius 1 is 0.837 bits per heavy atom. The van der Waals surface area contributed by atoms with Gasteiger partial charge in [-0.25, -0.2) is 4.79 Å². The third-order valence-corrected chi connectivity index (χ3v) is 9.06. The molecule has 1 aliphatic heterocycles. The zero-order valence-corrected chi connectivity index (χ0v) is 24.3. The molecule has 0 aromatic carbocycles. The molecular weight excluding hydrogens is 558 g/mol. The Bertz CT molecular complexity index is 1390. The maximum Gasteiger partial charge on any atom is 0.331 e. The predicted molar refractivity (Wildman–Crippen MR) is 150 cm³/mol. The summed E-state index contributed by atoms with van der Waals surface area (Å²) in [6.45, 7) is -0.436.